The second-order valence-corrected chi connectivity index (χ2v) is 3.66. The van der Waals surface area contributed by atoms with Crippen molar-refractivity contribution in [1.82, 2.24) is 9.80 Å². The molecule has 0 radical (unpaired) electrons. The number of rotatable bonds is 2. The molecule has 0 saturated carbocycles. The molecule has 0 bridgehead atoms. The van der Waals surface area contributed by atoms with Gasteiger partial charge in [0.05, 0.1) is 19.3 Å². The fraction of sp³-hybridized carbons (Fsp3) is 1.00. The van der Waals surface area contributed by atoms with E-state index in [4.69, 9.17) is 4.74 Å². The van der Waals surface area contributed by atoms with Crippen LogP contribution in [0, 0.1) is 0 Å². The molecule has 2 rings (SSSR count). The normalized spacial score (nSPS) is 28.8. The predicted octanol–water partition coefficient (Wildman–Crippen LogP) is 0.0227. The third kappa shape index (κ3) is 1.63. The molecule has 0 amide bonds. The molecule has 2 saturated heterocycles. The first-order valence-corrected chi connectivity index (χ1v) is 4.94. The second-order valence-electron chi connectivity index (χ2n) is 3.66. The van der Waals surface area contributed by atoms with Crippen LogP contribution in [0.5, 0.6) is 0 Å². The van der Waals surface area contributed by atoms with Crippen LogP contribution < -0.4 is 0 Å². The fourth-order valence-corrected chi connectivity index (χ4v) is 1.88. The minimum Gasteiger partial charge on any atom is -0.378 e. The van der Waals surface area contributed by atoms with E-state index >= 15 is 0 Å². The summed E-state index contributed by atoms with van der Waals surface area (Å²) in [7, 11) is 0. The van der Waals surface area contributed by atoms with Crippen LogP contribution in [0.25, 0.3) is 0 Å². The van der Waals surface area contributed by atoms with Crippen molar-refractivity contribution >= 4 is 0 Å². The molecule has 3 nitrogen and oxygen atoms in total. The minimum atomic E-state index is 0.740. The summed E-state index contributed by atoms with van der Waals surface area (Å²) >= 11 is 0. The molecule has 2 aliphatic heterocycles. The Morgan fingerprint density at radius 3 is 2.25 bits per heavy atom. The summed E-state index contributed by atoms with van der Waals surface area (Å²) in [6, 6.07) is 0.740. The van der Waals surface area contributed by atoms with Crippen molar-refractivity contribution in [3.8, 4) is 0 Å². The van der Waals surface area contributed by atoms with Gasteiger partial charge in [-0.1, -0.05) is 6.92 Å². The summed E-state index contributed by atoms with van der Waals surface area (Å²) in [4.78, 5) is 5.08. The van der Waals surface area contributed by atoms with Gasteiger partial charge >= 0.3 is 0 Å². The molecule has 2 heterocycles. The Bertz CT molecular complexity index is 139. The van der Waals surface area contributed by atoms with Gasteiger partial charge in [0.2, 0.25) is 0 Å². The summed E-state index contributed by atoms with van der Waals surface area (Å²) in [5.74, 6) is 0. The number of hydrogen-bond donors (Lipinski definition) is 0. The lowest BCUT2D eigenvalue weighted by Gasteiger charge is -2.42. The standard InChI is InChI=1S/C9H18N2O/c1-2-10-3-5-11(6-4-10)9-7-12-8-9/h9H,2-8H2,1H3. The Morgan fingerprint density at radius 2 is 1.83 bits per heavy atom. The highest BCUT2D eigenvalue weighted by atomic mass is 16.5. The molecule has 3 heteroatoms. The third-order valence-corrected chi connectivity index (χ3v) is 2.99. The molecular weight excluding hydrogens is 152 g/mol. The molecule has 12 heavy (non-hydrogen) atoms. The maximum absolute atomic E-state index is 5.19. The Labute approximate surface area is 74.3 Å². The van der Waals surface area contributed by atoms with E-state index in [1.165, 1.54) is 32.7 Å². The third-order valence-electron chi connectivity index (χ3n) is 2.99. The van der Waals surface area contributed by atoms with Gasteiger partial charge in [0.25, 0.3) is 0 Å². The molecular formula is C9H18N2O. The summed E-state index contributed by atoms with van der Waals surface area (Å²) in [5, 5.41) is 0. The van der Waals surface area contributed by atoms with Crippen LogP contribution >= 0.6 is 0 Å². The van der Waals surface area contributed by atoms with E-state index in [9.17, 15) is 0 Å². The first kappa shape index (κ1) is 8.48. The molecule has 2 aliphatic rings. The average molecular weight is 170 g/mol. The van der Waals surface area contributed by atoms with Crippen LogP contribution in [0.1, 0.15) is 6.92 Å². The topological polar surface area (TPSA) is 15.7 Å². The van der Waals surface area contributed by atoms with Crippen molar-refractivity contribution in [1.29, 1.82) is 0 Å². The summed E-state index contributed by atoms with van der Waals surface area (Å²) in [5.41, 5.74) is 0. The molecule has 0 atom stereocenters. The Morgan fingerprint density at radius 1 is 1.17 bits per heavy atom. The van der Waals surface area contributed by atoms with Gasteiger partial charge < -0.3 is 9.64 Å². The maximum atomic E-state index is 5.19. The lowest BCUT2D eigenvalue weighted by atomic mass is 10.2. The molecule has 0 N–H and O–H groups in total. The zero-order valence-corrected chi connectivity index (χ0v) is 7.83. The van der Waals surface area contributed by atoms with Gasteiger partial charge in [-0.15, -0.1) is 0 Å². The summed E-state index contributed by atoms with van der Waals surface area (Å²) < 4.78 is 5.19. The van der Waals surface area contributed by atoms with Crippen LogP contribution in [0.3, 0.4) is 0 Å². The van der Waals surface area contributed by atoms with Crippen LogP contribution in [0.2, 0.25) is 0 Å². The van der Waals surface area contributed by atoms with Crippen LogP contribution in [0.15, 0.2) is 0 Å². The van der Waals surface area contributed by atoms with Crippen molar-refractivity contribution in [3.63, 3.8) is 0 Å². The van der Waals surface area contributed by atoms with Crippen molar-refractivity contribution in [3.05, 3.63) is 0 Å². The molecule has 0 unspecified atom stereocenters. The van der Waals surface area contributed by atoms with Gasteiger partial charge in [-0.3, -0.25) is 4.90 Å². The van der Waals surface area contributed by atoms with Crippen molar-refractivity contribution in [2.45, 2.75) is 13.0 Å². The van der Waals surface area contributed by atoms with Gasteiger partial charge in [-0.05, 0) is 6.54 Å². The second kappa shape index (κ2) is 3.73. The smallest absolute Gasteiger partial charge is 0.0645 e. The van der Waals surface area contributed by atoms with E-state index in [2.05, 4.69) is 16.7 Å². The SMILES string of the molecule is CCN1CCN(C2COC2)CC1. The number of nitrogens with zero attached hydrogens (tertiary/aromatic N) is 2. The summed E-state index contributed by atoms with van der Waals surface area (Å²) in [6.45, 7) is 10.3. The van der Waals surface area contributed by atoms with Gasteiger partial charge in [0.15, 0.2) is 0 Å². The molecule has 0 aromatic carbocycles. The molecule has 0 aliphatic carbocycles. The van der Waals surface area contributed by atoms with E-state index in [0.29, 0.717) is 0 Å². The van der Waals surface area contributed by atoms with Crippen molar-refractivity contribution in [2.24, 2.45) is 0 Å². The van der Waals surface area contributed by atoms with E-state index in [1.807, 2.05) is 0 Å². The predicted molar refractivity (Wildman–Crippen MR) is 48.3 cm³/mol. The monoisotopic (exact) mass is 170 g/mol. The lowest BCUT2D eigenvalue weighted by molar-refractivity contribution is -0.0764. The first-order valence-electron chi connectivity index (χ1n) is 4.94. The zero-order chi connectivity index (χ0) is 8.39. The van der Waals surface area contributed by atoms with Gasteiger partial charge in [0.1, 0.15) is 0 Å². The highest BCUT2D eigenvalue weighted by Gasteiger charge is 2.28. The lowest BCUT2D eigenvalue weighted by Crippen LogP contribution is -2.56. The summed E-state index contributed by atoms with van der Waals surface area (Å²) in [6.07, 6.45) is 0. The fourth-order valence-electron chi connectivity index (χ4n) is 1.88. The van der Waals surface area contributed by atoms with E-state index in [-0.39, 0.29) is 0 Å². The molecule has 2 fully saturated rings. The highest BCUT2D eigenvalue weighted by molar-refractivity contribution is 4.81. The highest BCUT2D eigenvalue weighted by Crippen LogP contribution is 2.12. The van der Waals surface area contributed by atoms with Gasteiger partial charge in [0, 0.05) is 26.2 Å². The van der Waals surface area contributed by atoms with Gasteiger partial charge in [-0.25, -0.2) is 0 Å². The number of hydrogen-bond acceptors (Lipinski definition) is 3. The van der Waals surface area contributed by atoms with E-state index in [1.54, 1.807) is 0 Å². The molecule has 0 spiro atoms. The van der Waals surface area contributed by atoms with Crippen molar-refractivity contribution < 1.29 is 4.74 Å². The number of likely N-dealkylation sites (N-methyl/N-ethyl adjacent to an activating group) is 1. The molecule has 0 aromatic rings. The Hall–Kier alpha value is -0.120. The minimum absolute atomic E-state index is 0.740. The quantitative estimate of drug-likeness (QED) is 0.581. The zero-order valence-electron chi connectivity index (χ0n) is 7.83. The Kier molecular flexibility index (Phi) is 2.63. The van der Waals surface area contributed by atoms with Crippen LogP contribution in [0.4, 0.5) is 0 Å². The molecule has 70 valence electrons. The Balaban J connectivity index is 1.74. The van der Waals surface area contributed by atoms with Crippen molar-refractivity contribution in [2.75, 3.05) is 45.9 Å². The average Bonchev–Trinajstić information content (AvgIpc) is 2.03. The first-order chi connectivity index (χ1) is 5.90. The van der Waals surface area contributed by atoms with Crippen LogP contribution in [-0.4, -0.2) is 61.8 Å². The largest absolute Gasteiger partial charge is 0.378 e. The number of ether oxygens (including phenoxy) is 1. The van der Waals surface area contributed by atoms with Gasteiger partial charge in [-0.2, -0.15) is 0 Å². The van der Waals surface area contributed by atoms with E-state index in [0.717, 1.165) is 19.3 Å². The maximum Gasteiger partial charge on any atom is 0.0645 e. The molecule has 0 aromatic heterocycles. The number of piperazine rings is 1. The van der Waals surface area contributed by atoms with Crippen LogP contribution in [-0.2, 0) is 4.74 Å². The van der Waals surface area contributed by atoms with E-state index < -0.39 is 0 Å².